The number of amides is 1. The number of aromatic nitrogens is 1. The zero-order valence-electron chi connectivity index (χ0n) is 19.6. The number of carbonyl (C=O) groups excluding carboxylic acids is 1. The molecule has 1 aromatic heterocycles. The summed E-state index contributed by atoms with van der Waals surface area (Å²) in [6, 6.07) is 17.6. The van der Waals surface area contributed by atoms with Crippen molar-refractivity contribution in [2.24, 2.45) is 0 Å². The minimum Gasteiger partial charge on any atom is -0.497 e. The molecule has 11 heteroatoms. The Labute approximate surface area is 212 Å². The molecule has 0 unspecified atom stereocenters. The van der Waals surface area contributed by atoms with Crippen LogP contribution in [-0.2, 0) is 10.0 Å². The van der Waals surface area contributed by atoms with Crippen molar-refractivity contribution in [2.45, 2.75) is 4.90 Å². The molecule has 186 valence electrons. The number of sulfonamides is 1. The minimum atomic E-state index is -3.84. The highest BCUT2D eigenvalue weighted by atomic mass is 32.2. The lowest BCUT2D eigenvalue weighted by Gasteiger charge is -2.10. The van der Waals surface area contributed by atoms with E-state index in [0.717, 1.165) is 5.56 Å². The zero-order chi connectivity index (χ0) is 25.7. The number of methoxy groups -OCH3 is 3. The maximum Gasteiger partial charge on any atom is 0.261 e. The summed E-state index contributed by atoms with van der Waals surface area (Å²) in [5.74, 6) is 1.30. The largest absolute Gasteiger partial charge is 0.497 e. The Balaban J connectivity index is 1.47. The zero-order valence-corrected chi connectivity index (χ0v) is 21.3. The first-order valence-corrected chi connectivity index (χ1v) is 13.0. The van der Waals surface area contributed by atoms with Gasteiger partial charge in [0.2, 0.25) is 0 Å². The van der Waals surface area contributed by atoms with Gasteiger partial charge < -0.3 is 14.2 Å². The topological polar surface area (TPSA) is 116 Å². The summed E-state index contributed by atoms with van der Waals surface area (Å²) in [5.41, 5.74) is 1.99. The summed E-state index contributed by atoms with van der Waals surface area (Å²) in [4.78, 5) is 17.4. The van der Waals surface area contributed by atoms with Crippen molar-refractivity contribution >= 4 is 38.1 Å². The van der Waals surface area contributed by atoms with Crippen LogP contribution in [0.2, 0.25) is 0 Å². The number of hydrogen-bond acceptors (Lipinski definition) is 8. The molecule has 1 heterocycles. The van der Waals surface area contributed by atoms with Crippen LogP contribution in [0, 0.1) is 0 Å². The van der Waals surface area contributed by atoms with Crippen molar-refractivity contribution in [3.8, 4) is 28.5 Å². The van der Waals surface area contributed by atoms with E-state index in [1.807, 2.05) is 11.4 Å². The molecule has 0 saturated heterocycles. The van der Waals surface area contributed by atoms with Crippen molar-refractivity contribution in [2.75, 3.05) is 31.4 Å². The molecule has 3 aromatic carbocycles. The first-order chi connectivity index (χ1) is 17.3. The molecule has 0 aliphatic rings. The molecule has 0 spiro atoms. The molecular weight excluding hydrogens is 502 g/mol. The number of nitrogens with zero attached hydrogens (tertiary/aromatic N) is 1. The van der Waals surface area contributed by atoms with Gasteiger partial charge in [0.05, 0.1) is 31.9 Å². The van der Waals surface area contributed by atoms with Gasteiger partial charge >= 0.3 is 0 Å². The summed E-state index contributed by atoms with van der Waals surface area (Å²) in [6.07, 6.45) is 0. The third kappa shape index (κ3) is 5.58. The highest BCUT2D eigenvalue weighted by Crippen LogP contribution is 2.33. The van der Waals surface area contributed by atoms with Crippen LogP contribution in [-0.4, -0.2) is 40.6 Å². The number of anilines is 2. The van der Waals surface area contributed by atoms with Gasteiger partial charge in [0.15, 0.2) is 16.6 Å². The number of rotatable bonds is 9. The Bertz CT molecular complexity index is 1480. The highest BCUT2D eigenvalue weighted by molar-refractivity contribution is 7.92. The van der Waals surface area contributed by atoms with Crippen LogP contribution in [0.4, 0.5) is 10.8 Å². The van der Waals surface area contributed by atoms with E-state index in [1.165, 1.54) is 36.6 Å². The Morgan fingerprint density at radius 2 is 1.64 bits per heavy atom. The van der Waals surface area contributed by atoms with Crippen LogP contribution < -0.4 is 24.2 Å². The second kappa shape index (κ2) is 10.7. The number of thiazole rings is 1. The van der Waals surface area contributed by atoms with Crippen molar-refractivity contribution in [3.05, 3.63) is 77.7 Å². The molecule has 0 saturated carbocycles. The normalized spacial score (nSPS) is 11.0. The lowest BCUT2D eigenvalue weighted by Crippen LogP contribution is -2.15. The molecule has 0 aliphatic heterocycles. The van der Waals surface area contributed by atoms with Crippen LogP contribution in [0.15, 0.2) is 77.0 Å². The van der Waals surface area contributed by atoms with E-state index >= 15 is 0 Å². The fourth-order valence-electron chi connectivity index (χ4n) is 3.32. The van der Waals surface area contributed by atoms with Gasteiger partial charge in [-0.25, -0.2) is 13.4 Å². The second-order valence-corrected chi connectivity index (χ2v) is 9.96. The highest BCUT2D eigenvalue weighted by Gasteiger charge is 2.16. The smallest absolute Gasteiger partial charge is 0.261 e. The van der Waals surface area contributed by atoms with Gasteiger partial charge in [-0.05, 0) is 60.7 Å². The molecule has 0 aliphatic carbocycles. The Morgan fingerprint density at radius 1 is 0.889 bits per heavy atom. The summed E-state index contributed by atoms with van der Waals surface area (Å²) in [6.45, 7) is 0. The number of hydrogen-bond donors (Lipinski definition) is 2. The van der Waals surface area contributed by atoms with Crippen molar-refractivity contribution in [3.63, 3.8) is 0 Å². The number of carbonyl (C=O) groups is 1. The van der Waals surface area contributed by atoms with Gasteiger partial charge in [-0.1, -0.05) is 6.07 Å². The van der Waals surface area contributed by atoms with E-state index in [-0.39, 0.29) is 16.1 Å². The molecule has 1 amide bonds. The van der Waals surface area contributed by atoms with Gasteiger partial charge in [0.25, 0.3) is 15.9 Å². The van der Waals surface area contributed by atoms with Crippen LogP contribution in [0.3, 0.4) is 0 Å². The van der Waals surface area contributed by atoms with E-state index in [2.05, 4.69) is 15.0 Å². The van der Waals surface area contributed by atoms with Crippen LogP contribution >= 0.6 is 11.3 Å². The summed E-state index contributed by atoms with van der Waals surface area (Å²) < 4.78 is 43.6. The molecule has 4 rings (SSSR count). The van der Waals surface area contributed by atoms with E-state index in [0.29, 0.717) is 28.1 Å². The van der Waals surface area contributed by atoms with E-state index in [9.17, 15) is 13.2 Å². The Kier molecular flexibility index (Phi) is 7.41. The van der Waals surface area contributed by atoms with Crippen molar-refractivity contribution in [1.29, 1.82) is 0 Å². The molecule has 0 radical (unpaired) electrons. The predicted octanol–water partition coefficient (Wildman–Crippen LogP) is 4.89. The van der Waals surface area contributed by atoms with E-state index < -0.39 is 15.9 Å². The molecule has 0 fully saturated rings. The SMILES string of the molecule is COc1ccc(S(=O)(=O)Nc2cccc(C(=O)Nc3nc(-c4ccc(OC)c(OC)c4)cs3)c2)cc1. The van der Waals surface area contributed by atoms with Gasteiger partial charge in [0.1, 0.15) is 5.75 Å². The monoisotopic (exact) mass is 525 g/mol. The van der Waals surface area contributed by atoms with E-state index in [1.54, 1.807) is 56.7 Å². The van der Waals surface area contributed by atoms with Crippen LogP contribution in [0.5, 0.6) is 17.2 Å². The van der Waals surface area contributed by atoms with E-state index in [4.69, 9.17) is 14.2 Å². The standard InChI is InChI=1S/C25H23N3O6S2/c1-32-19-8-10-20(11-9-19)36(30,31)28-18-6-4-5-17(13-18)24(29)27-25-26-21(15-35-25)16-7-12-22(33-2)23(14-16)34-3/h4-15,28H,1-3H3,(H,26,27,29). The molecule has 0 bridgehead atoms. The fraction of sp³-hybridized carbons (Fsp3) is 0.120. The Hall–Kier alpha value is -4.09. The third-order valence-electron chi connectivity index (χ3n) is 5.15. The molecule has 36 heavy (non-hydrogen) atoms. The maximum atomic E-state index is 12.8. The van der Waals surface area contributed by atoms with Crippen molar-refractivity contribution < 1.29 is 27.4 Å². The second-order valence-electron chi connectivity index (χ2n) is 7.42. The molecule has 4 aromatic rings. The summed E-state index contributed by atoms with van der Waals surface area (Å²) in [7, 11) is 0.774. The van der Waals surface area contributed by atoms with Crippen molar-refractivity contribution in [1.82, 2.24) is 4.98 Å². The number of benzene rings is 3. The first-order valence-electron chi connectivity index (χ1n) is 10.6. The summed E-state index contributed by atoms with van der Waals surface area (Å²) >= 11 is 1.27. The predicted molar refractivity (Wildman–Crippen MR) is 139 cm³/mol. The third-order valence-corrected chi connectivity index (χ3v) is 7.31. The quantitative estimate of drug-likeness (QED) is 0.320. The van der Waals surface area contributed by atoms with Gasteiger partial charge in [-0.3, -0.25) is 14.8 Å². The lowest BCUT2D eigenvalue weighted by atomic mass is 10.1. The van der Waals surface area contributed by atoms with Crippen LogP contribution in [0.25, 0.3) is 11.3 Å². The fourth-order valence-corrected chi connectivity index (χ4v) is 5.09. The van der Waals surface area contributed by atoms with Crippen LogP contribution in [0.1, 0.15) is 10.4 Å². The average molecular weight is 526 g/mol. The molecule has 2 N–H and O–H groups in total. The molecular formula is C25H23N3O6S2. The van der Waals surface area contributed by atoms with Gasteiger partial charge in [-0.15, -0.1) is 11.3 Å². The first kappa shape index (κ1) is 25.0. The summed E-state index contributed by atoms with van der Waals surface area (Å²) in [5, 5.41) is 4.97. The number of ether oxygens (including phenoxy) is 3. The molecule has 9 nitrogen and oxygen atoms in total. The number of nitrogens with one attached hydrogen (secondary N) is 2. The maximum absolute atomic E-state index is 12.8. The lowest BCUT2D eigenvalue weighted by molar-refractivity contribution is 0.102. The van der Waals surface area contributed by atoms with Gasteiger partial charge in [0, 0.05) is 22.2 Å². The van der Waals surface area contributed by atoms with Gasteiger partial charge in [-0.2, -0.15) is 0 Å². The minimum absolute atomic E-state index is 0.0728. The average Bonchev–Trinajstić information content (AvgIpc) is 3.36. The molecule has 0 atom stereocenters. The Morgan fingerprint density at radius 3 is 2.33 bits per heavy atom.